The van der Waals surface area contributed by atoms with Crippen molar-refractivity contribution in [3.8, 4) is 0 Å². The van der Waals surface area contributed by atoms with E-state index in [9.17, 15) is 0 Å². The molecule has 1 aromatic carbocycles. The molecule has 1 unspecified atom stereocenters. The van der Waals surface area contributed by atoms with Crippen LogP contribution < -0.4 is 0 Å². The van der Waals surface area contributed by atoms with Gasteiger partial charge in [0.1, 0.15) is 0 Å². The third kappa shape index (κ3) is 6.71. The molecule has 0 saturated carbocycles. The largest absolute Gasteiger partial charge is 0.394 e. The molecule has 0 fully saturated rings. The average Bonchev–Trinajstić information content (AvgIpc) is 2.42. The van der Waals surface area contributed by atoms with Crippen molar-refractivity contribution >= 4 is 0 Å². The molecule has 0 bridgehead atoms. The fraction of sp³-hybridized carbons (Fsp3) is 0.571. The summed E-state index contributed by atoms with van der Waals surface area (Å²) in [4.78, 5) is 0. The van der Waals surface area contributed by atoms with Crippen molar-refractivity contribution in [1.82, 2.24) is 0 Å². The normalized spacial score (nSPS) is 12.6. The van der Waals surface area contributed by atoms with Gasteiger partial charge in [0.25, 0.3) is 0 Å². The van der Waals surface area contributed by atoms with E-state index in [0.29, 0.717) is 33.0 Å². The minimum atomic E-state index is 0.0533. The molecule has 0 spiro atoms. The van der Waals surface area contributed by atoms with Gasteiger partial charge < -0.3 is 19.3 Å². The molecular formula is C14H22O4. The van der Waals surface area contributed by atoms with Gasteiger partial charge in [-0.3, -0.25) is 0 Å². The molecule has 18 heavy (non-hydrogen) atoms. The summed E-state index contributed by atoms with van der Waals surface area (Å²) >= 11 is 0. The summed E-state index contributed by atoms with van der Waals surface area (Å²) < 4.78 is 16.0. The zero-order valence-corrected chi connectivity index (χ0v) is 10.9. The lowest BCUT2D eigenvalue weighted by Crippen LogP contribution is -2.11. The van der Waals surface area contributed by atoms with Crippen LogP contribution in [0.5, 0.6) is 0 Å². The fourth-order valence-electron chi connectivity index (χ4n) is 1.49. The second-order valence-corrected chi connectivity index (χ2v) is 3.87. The fourth-order valence-corrected chi connectivity index (χ4v) is 1.49. The van der Waals surface area contributed by atoms with Gasteiger partial charge in [0, 0.05) is 0 Å². The number of benzene rings is 1. The van der Waals surface area contributed by atoms with E-state index in [1.54, 1.807) is 0 Å². The molecule has 0 aliphatic rings. The van der Waals surface area contributed by atoms with Crippen molar-refractivity contribution in [2.45, 2.75) is 13.0 Å². The first-order valence-electron chi connectivity index (χ1n) is 6.27. The molecule has 0 amide bonds. The Balaban J connectivity index is 1.98. The molecule has 0 radical (unpaired) electrons. The van der Waals surface area contributed by atoms with Gasteiger partial charge >= 0.3 is 0 Å². The number of ether oxygens (including phenoxy) is 3. The Kier molecular flexibility index (Phi) is 8.42. The second-order valence-electron chi connectivity index (χ2n) is 3.87. The molecule has 1 rings (SSSR count). The van der Waals surface area contributed by atoms with Crippen LogP contribution in [0.4, 0.5) is 0 Å². The molecule has 0 saturated heterocycles. The van der Waals surface area contributed by atoms with E-state index in [2.05, 4.69) is 0 Å². The summed E-state index contributed by atoms with van der Waals surface area (Å²) in [5, 5.41) is 8.49. The lowest BCUT2D eigenvalue weighted by Gasteiger charge is -2.13. The highest BCUT2D eigenvalue weighted by molar-refractivity contribution is 5.16. The number of hydrogen-bond donors (Lipinski definition) is 1. The van der Waals surface area contributed by atoms with Crippen molar-refractivity contribution in [2.75, 3.05) is 39.6 Å². The van der Waals surface area contributed by atoms with E-state index in [0.717, 1.165) is 0 Å². The van der Waals surface area contributed by atoms with Crippen LogP contribution >= 0.6 is 0 Å². The van der Waals surface area contributed by atoms with Gasteiger partial charge in [-0.15, -0.1) is 0 Å². The Bertz CT molecular complexity index is 289. The van der Waals surface area contributed by atoms with Crippen molar-refractivity contribution in [1.29, 1.82) is 0 Å². The number of hydrogen-bond acceptors (Lipinski definition) is 4. The maximum absolute atomic E-state index is 8.49. The van der Waals surface area contributed by atoms with Crippen LogP contribution in [-0.2, 0) is 14.2 Å². The minimum Gasteiger partial charge on any atom is -0.394 e. The van der Waals surface area contributed by atoms with E-state index < -0.39 is 0 Å². The maximum atomic E-state index is 8.49. The highest BCUT2D eigenvalue weighted by Crippen LogP contribution is 2.15. The summed E-state index contributed by atoms with van der Waals surface area (Å²) in [6.45, 7) is 4.61. The van der Waals surface area contributed by atoms with E-state index in [1.165, 1.54) is 5.56 Å². The van der Waals surface area contributed by atoms with Crippen LogP contribution in [0.2, 0.25) is 0 Å². The molecule has 0 aliphatic heterocycles. The van der Waals surface area contributed by atoms with Crippen molar-refractivity contribution in [3.63, 3.8) is 0 Å². The predicted octanol–water partition coefficient (Wildman–Crippen LogP) is 1.79. The molecule has 102 valence electrons. The van der Waals surface area contributed by atoms with Gasteiger partial charge in [-0.25, -0.2) is 0 Å². The Labute approximate surface area is 108 Å². The van der Waals surface area contributed by atoms with Crippen LogP contribution in [-0.4, -0.2) is 44.7 Å². The SMILES string of the molecule is CC(OCCOCCOCCO)c1ccccc1. The van der Waals surface area contributed by atoms with Gasteiger partial charge in [0.15, 0.2) is 0 Å². The molecule has 4 nitrogen and oxygen atoms in total. The van der Waals surface area contributed by atoms with E-state index in [1.807, 2.05) is 37.3 Å². The quantitative estimate of drug-likeness (QED) is 0.647. The second kappa shape index (κ2) is 10.0. The van der Waals surface area contributed by atoms with Crippen molar-refractivity contribution < 1.29 is 19.3 Å². The Morgan fingerprint density at radius 2 is 1.56 bits per heavy atom. The van der Waals surface area contributed by atoms with Gasteiger partial charge in [0.2, 0.25) is 0 Å². The third-order valence-electron chi connectivity index (χ3n) is 2.47. The lowest BCUT2D eigenvalue weighted by atomic mass is 10.1. The van der Waals surface area contributed by atoms with Gasteiger partial charge in [-0.1, -0.05) is 30.3 Å². The molecule has 1 N–H and O–H groups in total. The monoisotopic (exact) mass is 254 g/mol. The average molecular weight is 254 g/mol. The van der Waals surface area contributed by atoms with E-state index in [4.69, 9.17) is 19.3 Å². The predicted molar refractivity (Wildman–Crippen MR) is 69.5 cm³/mol. The first-order valence-corrected chi connectivity index (χ1v) is 6.27. The Morgan fingerprint density at radius 3 is 2.22 bits per heavy atom. The number of rotatable bonds is 10. The number of aliphatic hydroxyl groups excluding tert-OH is 1. The zero-order chi connectivity index (χ0) is 13.1. The van der Waals surface area contributed by atoms with Crippen molar-refractivity contribution in [3.05, 3.63) is 35.9 Å². The molecule has 0 aromatic heterocycles. The van der Waals surface area contributed by atoms with Gasteiger partial charge in [-0.05, 0) is 12.5 Å². The minimum absolute atomic E-state index is 0.0533. The zero-order valence-electron chi connectivity index (χ0n) is 10.9. The molecule has 0 heterocycles. The topological polar surface area (TPSA) is 47.9 Å². The molecule has 0 aliphatic carbocycles. The molecule has 4 heteroatoms. The highest BCUT2D eigenvalue weighted by Gasteiger charge is 2.03. The molecule has 1 atom stereocenters. The van der Waals surface area contributed by atoms with Crippen LogP contribution in [0, 0.1) is 0 Å². The van der Waals surface area contributed by atoms with Gasteiger partial charge in [0.05, 0.1) is 45.7 Å². The summed E-state index contributed by atoms with van der Waals surface area (Å²) in [5.74, 6) is 0. The third-order valence-corrected chi connectivity index (χ3v) is 2.47. The van der Waals surface area contributed by atoms with E-state index >= 15 is 0 Å². The van der Waals surface area contributed by atoms with Crippen LogP contribution in [0.1, 0.15) is 18.6 Å². The smallest absolute Gasteiger partial charge is 0.0797 e. The summed E-state index contributed by atoms with van der Waals surface area (Å²) in [6, 6.07) is 10.1. The molecule has 1 aromatic rings. The van der Waals surface area contributed by atoms with Crippen molar-refractivity contribution in [2.24, 2.45) is 0 Å². The van der Waals surface area contributed by atoms with Gasteiger partial charge in [-0.2, -0.15) is 0 Å². The number of aliphatic hydroxyl groups is 1. The maximum Gasteiger partial charge on any atom is 0.0797 e. The van der Waals surface area contributed by atoms with Crippen LogP contribution in [0.25, 0.3) is 0 Å². The van der Waals surface area contributed by atoms with E-state index in [-0.39, 0.29) is 12.7 Å². The van der Waals surface area contributed by atoms with Crippen LogP contribution in [0.15, 0.2) is 30.3 Å². The van der Waals surface area contributed by atoms with Crippen LogP contribution in [0.3, 0.4) is 0 Å². The Hall–Kier alpha value is -0.940. The summed E-state index contributed by atoms with van der Waals surface area (Å²) in [7, 11) is 0. The lowest BCUT2D eigenvalue weighted by molar-refractivity contribution is -0.0104. The first kappa shape index (κ1) is 15.1. The standard InChI is InChI=1S/C14H22O4/c1-13(14-5-3-2-4-6-14)18-12-11-17-10-9-16-8-7-15/h2-6,13,15H,7-12H2,1H3. The first-order chi connectivity index (χ1) is 8.84. The summed E-state index contributed by atoms with van der Waals surface area (Å²) in [5.41, 5.74) is 1.17. The highest BCUT2D eigenvalue weighted by atomic mass is 16.5. The molecular weight excluding hydrogens is 232 g/mol. The summed E-state index contributed by atoms with van der Waals surface area (Å²) in [6.07, 6.45) is 0.0837. The Morgan fingerprint density at radius 1 is 0.944 bits per heavy atom.